The summed E-state index contributed by atoms with van der Waals surface area (Å²) in [6.07, 6.45) is 7.62. The Balaban J connectivity index is 1.51. The standard InChI is InChI=1S/C22H27BrN2O2/c1-13(2)9-12-24-20(26)18-16-7-8-17(22(16)10-11-22)19(18)21(27)25-15-5-3-14(23)4-6-15/h3-8,13,16-19H,9-12H2,1-2H3,(H,24,26)(H,25,27)/t16-,17+,18-,19-/m1/s1. The highest BCUT2D eigenvalue weighted by Crippen LogP contribution is 2.72. The van der Waals surface area contributed by atoms with Gasteiger partial charge < -0.3 is 10.6 Å². The van der Waals surface area contributed by atoms with E-state index in [1.54, 1.807) is 0 Å². The molecule has 0 aromatic heterocycles. The van der Waals surface area contributed by atoms with Crippen LogP contribution in [0.1, 0.15) is 33.1 Å². The van der Waals surface area contributed by atoms with Crippen molar-refractivity contribution in [2.75, 3.05) is 11.9 Å². The molecule has 0 saturated heterocycles. The molecule has 2 amide bonds. The molecule has 2 fully saturated rings. The second-order valence-electron chi connectivity index (χ2n) is 8.69. The van der Waals surface area contributed by atoms with E-state index >= 15 is 0 Å². The third kappa shape index (κ3) is 3.35. The minimum absolute atomic E-state index is 0.0237. The quantitative estimate of drug-likeness (QED) is 0.657. The Kier molecular flexibility index (Phi) is 4.91. The molecule has 2 saturated carbocycles. The third-order valence-electron chi connectivity index (χ3n) is 6.58. The van der Waals surface area contributed by atoms with Crippen LogP contribution in [0, 0.1) is 35.0 Å². The molecule has 3 aliphatic rings. The molecule has 1 aromatic carbocycles. The van der Waals surface area contributed by atoms with Crippen molar-refractivity contribution in [3.63, 3.8) is 0 Å². The molecule has 1 aromatic rings. The lowest BCUT2D eigenvalue weighted by atomic mass is 9.81. The molecule has 3 aliphatic carbocycles. The number of hydrogen-bond donors (Lipinski definition) is 2. The average Bonchev–Trinajstić information content (AvgIpc) is 3.29. The molecule has 4 nitrogen and oxygen atoms in total. The number of rotatable bonds is 6. The van der Waals surface area contributed by atoms with Gasteiger partial charge in [-0.3, -0.25) is 9.59 Å². The molecule has 0 heterocycles. The number of hydrogen-bond acceptors (Lipinski definition) is 2. The van der Waals surface area contributed by atoms with E-state index in [9.17, 15) is 9.59 Å². The number of amides is 2. The molecule has 2 N–H and O–H groups in total. The summed E-state index contributed by atoms with van der Waals surface area (Å²) in [6, 6.07) is 7.59. The first-order valence-electron chi connectivity index (χ1n) is 9.95. The normalized spacial score (nSPS) is 29.3. The van der Waals surface area contributed by atoms with Gasteiger partial charge in [0.2, 0.25) is 11.8 Å². The van der Waals surface area contributed by atoms with Crippen molar-refractivity contribution in [2.45, 2.75) is 33.1 Å². The summed E-state index contributed by atoms with van der Waals surface area (Å²) in [7, 11) is 0. The summed E-state index contributed by atoms with van der Waals surface area (Å²) < 4.78 is 0.975. The first kappa shape index (κ1) is 18.7. The van der Waals surface area contributed by atoms with Crippen LogP contribution in [0.3, 0.4) is 0 Å². The molecule has 0 unspecified atom stereocenters. The molecular weight excluding hydrogens is 404 g/mol. The minimum Gasteiger partial charge on any atom is -0.356 e. The van der Waals surface area contributed by atoms with Gasteiger partial charge in [0, 0.05) is 16.7 Å². The van der Waals surface area contributed by atoms with Crippen molar-refractivity contribution >= 4 is 33.4 Å². The highest BCUT2D eigenvalue weighted by molar-refractivity contribution is 9.10. The smallest absolute Gasteiger partial charge is 0.228 e. The van der Waals surface area contributed by atoms with Gasteiger partial charge in [0.15, 0.2) is 0 Å². The maximum Gasteiger partial charge on any atom is 0.228 e. The molecule has 5 heteroatoms. The van der Waals surface area contributed by atoms with Crippen LogP contribution in [0.2, 0.25) is 0 Å². The predicted molar refractivity (Wildman–Crippen MR) is 110 cm³/mol. The topological polar surface area (TPSA) is 58.2 Å². The van der Waals surface area contributed by atoms with E-state index in [2.05, 4.69) is 52.6 Å². The number of nitrogens with one attached hydrogen (secondary N) is 2. The summed E-state index contributed by atoms with van der Waals surface area (Å²) in [5.41, 5.74) is 0.945. The van der Waals surface area contributed by atoms with Crippen molar-refractivity contribution in [3.8, 4) is 0 Å². The maximum atomic E-state index is 13.2. The Morgan fingerprint density at radius 1 is 1.07 bits per heavy atom. The van der Waals surface area contributed by atoms with E-state index < -0.39 is 0 Å². The molecule has 4 atom stereocenters. The van der Waals surface area contributed by atoms with Crippen LogP contribution < -0.4 is 10.6 Å². The molecule has 4 rings (SSSR count). The number of allylic oxidation sites excluding steroid dienone is 2. The first-order chi connectivity index (χ1) is 12.9. The van der Waals surface area contributed by atoms with Crippen molar-refractivity contribution in [1.29, 1.82) is 0 Å². The predicted octanol–water partition coefficient (Wildman–Crippen LogP) is 4.38. The molecule has 27 heavy (non-hydrogen) atoms. The van der Waals surface area contributed by atoms with E-state index in [1.807, 2.05) is 24.3 Å². The van der Waals surface area contributed by atoms with Gasteiger partial charge in [-0.15, -0.1) is 0 Å². The zero-order chi connectivity index (χ0) is 19.2. The van der Waals surface area contributed by atoms with Crippen LogP contribution in [0.5, 0.6) is 0 Å². The zero-order valence-electron chi connectivity index (χ0n) is 15.9. The number of halogens is 1. The van der Waals surface area contributed by atoms with Gasteiger partial charge in [0.25, 0.3) is 0 Å². The molecule has 0 aliphatic heterocycles. The first-order valence-corrected chi connectivity index (χ1v) is 10.7. The lowest BCUT2D eigenvalue weighted by Gasteiger charge is -2.26. The van der Waals surface area contributed by atoms with Crippen LogP contribution in [0.4, 0.5) is 5.69 Å². The lowest BCUT2D eigenvalue weighted by Crippen LogP contribution is -2.42. The van der Waals surface area contributed by atoms with Gasteiger partial charge in [-0.25, -0.2) is 0 Å². The van der Waals surface area contributed by atoms with Gasteiger partial charge in [-0.1, -0.05) is 41.9 Å². The van der Waals surface area contributed by atoms with Crippen LogP contribution in [0.25, 0.3) is 0 Å². The second-order valence-corrected chi connectivity index (χ2v) is 9.61. The summed E-state index contributed by atoms with van der Waals surface area (Å²) >= 11 is 3.42. The van der Waals surface area contributed by atoms with Gasteiger partial charge >= 0.3 is 0 Å². The van der Waals surface area contributed by atoms with Crippen LogP contribution in [-0.4, -0.2) is 18.4 Å². The minimum atomic E-state index is -0.273. The maximum absolute atomic E-state index is 13.2. The molecule has 1 spiro atoms. The van der Waals surface area contributed by atoms with E-state index in [-0.39, 0.29) is 40.9 Å². The van der Waals surface area contributed by atoms with E-state index in [0.717, 1.165) is 29.4 Å². The fraction of sp³-hybridized carbons (Fsp3) is 0.545. The van der Waals surface area contributed by atoms with Crippen molar-refractivity contribution in [1.82, 2.24) is 5.32 Å². The highest BCUT2D eigenvalue weighted by Gasteiger charge is 2.69. The van der Waals surface area contributed by atoms with E-state index in [0.29, 0.717) is 12.5 Å². The van der Waals surface area contributed by atoms with Crippen LogP contribution >= 0.6 is 15.9 Å². The molecule has 144 valence electrons. The summed E-state index contributed by atoms with van der Waals surface area (Å²) in [4.78, 5) is 26.2. The third-order valence-corrected chi connectivity index (χ3v) is 7.11. The fourth-order valence-electron chi connectivity index (χ4n) is 5.07. The Labute approximate surface area is 169 Å². The second kappa shape index (κ2) is 7.08. The van der Waals surface area contributed by atoms with Crippen molar-refractivity contribution in [3.05, 3.63) is 40.9 Å². The van der Waals surface area contributed by atoms with Crippen molar-refractivity contribution < 1.29 is 9.59 Å². The summed E-state index contributed by atoms with van der Waals surface area (Å²) in [5, 5.41) is 6.15. The number of carbonyl (C=O) groups is 2. The Hall–Kier alpha value is -1.62. The van der Waals surface area contributed by atoms with Gasteiger partial charge in [0.1, 0.15) is 0 Å². The van der Waals surface area contributed by atoms with Gasteiger partial charge in [-0.05, 0) is 66.7 Å². The summed E-state index contributed by atoms with van der Waals surface area (Å²) in [6.45, 7) is 4.99. The number of carbonyl (C=O) groups excluding carboxylic acids is 2. The van der Waals surface area contributed by atoms with Crippen LogP contribution in [-0.2, 0) is 9.59 Å². The average molecular weight is 431 g/mol. The van der Waals surface area contributed by atoms with Gasteiger partial charge in [-0.2, -0.15) is 0 Å². The Morgan fingerprint density at radius 3 is 2.22 bits per heavy atom. The molecule has 2 bridgehead atoms. The number of benzene rings is 1. The van der Waals surface area contributed by atoms with E-state index in [4.69, 9.17) is 0 Å². The zero-order valence-corrected chi connectivity index (χ0v) is 17.5. The number of anilines is 1. The Morgan fingerprint density at radius 2 is 1.67 bits per heavy atom. The SMILES string of the molecule is CC(C)CCNC(=O)[C@H]1[C@H](C(=O)Nc2ccc(Br)cc2)[C@@H]2C=C[C@H]1C21CC1. The summed E-state index contributed by atoms with van der Waals surface area (Å²) in [5.74, 6) is 0.465. The molecule has 0 radical (unpaired) electrons. The van der Waals surface area contributed by atoms with Crippen molar-refractivity contribution in [2.24, 2.45) is 35.0 Å². The Bertz CT molecular complexity index is 767. The van der Waals surface area contributed by atoms with Crippen LogP contribution in [0.15, 0.2) is 40.9 Å². The monoisotopic (exact) mass is 430 g/mol. The van der Waals surface area contributed by atoms with E-state index in [1.165, 1.54) is 0 Å². The largest absolute Gasteiger partial charge is 0.356 e. The van der Waals surface area contributed by atoms with Gasteiger partial charge in [0.05, 0.1) is 11.8 Å². The fourth-order valence-corrected chi connectivity index (χ4v) is 5.33. The highest BCUT2D eigenvalue weighted by atomic mass is 79.9. The lowest BCUT2D eigenvalue weighted by molar-refractivity contribution is -0.132. The molecular formula is C22H27BrN2O2.